The van der Waals surface area contributed by atoms with Gasteiger partial charge in [-0.05, 0) is 6.92 Å². The van der Waals surface area contributed by atoms with Gasteiger partial charge < -0.3 is 4.74 Å². The number of ether oxygens (including phenoxy) is 1. The summed E-state index contributed by atoms with van der Waals surface area (Å²) in [6, 6.07) is 1.56. The van der Waals surface area contributed by atoms with Crippen molar-refractivity contribution < 1.29 is 14.3 Å². The summed E-state index contributed by atoms with van der Waals surface area (Å²) in [7, 11) is 0. The largest absolute Gasteiger partial charge is 0.465 e. The third-order valence-electron chi connectivity index (χ3n) is 1.56. The lowest BCUT2D eigenvalue weighted by Crippen LogP contribution is -2.25. The highest BCUT2D eigenvalue weighted by Crippen LogP contribution is 2.05. The zero-order valence-electron chi connectivity index (χ0n) is 7.93. The molecule has 0 radical (unpaired) electrons. The maximum atomic E-state index is 11.5. The van der Waals surface area contributed by atoms with E-state index in [-0.39, 0.29) is 12.4 Å². The van der Waals surface area contributed by atoms with Gasteiger partial charge in [-0.2, -0.15) is 10.4 Å². The molecule has 0 spiro atoms. The first-order valence-corrected chi connectivity index (χ1v) is 4.16. The number of hydrogen-bond donors (Lipinski definition) is 1. The number of hydrogen-bond acceptors (Lipinski definition) is 6. The number of esters is 1. The number of ketones is 1. The van der Waals surface area contributed by atoms with E-state index >= 15 is 0 Å². The monoisotopic (exact) mass is 208 g/mol. The first kappa shape index (κ1) is 10.8. The summed E-state index contributed by atoms with van der Waals surface area (Å²) < 4.78 is 4.57. The molecule has 1 heterocycles. The summed E-state index contributed by atoms with van der Waals surface area (Å²) in [4.78, 5) is 26.2. The molecular formula is C8H8N4O3. The molecule has 1 atom stereocenters. The highest BCUT2D eigenvalue weighted by molar-refractivity contribution is 6.08. The van der Waals surface area contributed by atoms with Crippen LogP contribution in [0.1, 0.15) is 17.5 Å². The van der Waals surface area contributed by atoms with Crippen molar-refractivity contribution >= 4 is 11.8 Å². The van der Waals surface area contributed by atoms with Crippen LogP contribution in [0.4, 0.5) is 0 Å². The van der Waals surface area contributed by atoms with Gasteiger partial charge in [-0.1, -0.05) is 0 Å². The van der Waals surface area contributed by atoms with Crippen molar-refractivity contribution in [3.05, 3.63) is 12.2 Å². The number of aromatic amines is 1. The van der Waals surface area contributed by atoms with Gasteiger partial charge in [0.15, 0.2) is 5.82 Å². The number of carbonyl (C=O) groups excluding carboxylic acids is 2. The van der Waals surface area contributed by atoms with Crippen LogP contribution in [0.5, 0.6) is 0 Å². The molecule has 1 aromatic heterocycles. The molecule has 15 heavy (non-hydrogen) atoms. The Labute approximate surface area is 85.1 Å². The lowest BCUT2D eigenvalue weighted by molar-refractivity contribution is -0.144. The second-order valence-corrected chi connectivity index (χ2v) is 2.51. The summed E-state index contributed by atoms with van der Waals surface area (Å²) in [5, 5.41) is 14.4. The number of nitriles is 1. The first-order chi connectivity index (χ1) is 7.20. The Morgan fingerprint density at radius 1 is 1.73 bits per heavy atom. The van der Waals surface area contributed by atoms with E-state index in [1.807, 2.05) is 0 Å². The Kier molecular flexibility index (Phi) is 3.51. The fourth-order valence-electron chi connectivity index (χ4n) is 0.905. The fourth-order valence-corrected chi connectivity index (χ4v) is 0.905. The van der Waals surface area contributed by atoms with Gasteiger partial charge in [0.1, 0.15) is 6.33 Å². The van der Waals surface area contributed by atoms with Crippen LogP contribution in [-0.2, 0) is 9.53 Å². The zero-order valence-corrected chi connectivity index (χ0v) is 7.93. The van der Waals surface area contributed by atoms with Gasteiger partial charge in [-0.15, -0.1) is 0 Å². The molecule has 0 aliphatic heterocycles. The first-order valence-electron chi connectivity index (χ1n) is 4.16. The molecule has 0 aromatic carbocycles. The lowest BCUT2D eigenvalue weighted by atomic mass is 10.1. The van der Waals surface area contributed by atoms with E-state index in [0.29, 0.717) is 0 Å². The van der Waals surface area contributed by atoms with Gasteiger partial charge in [0, 0.05) is 0 Å². The Morgan fingerprint density at radius 3 is 2.93 bits per heavy atom. The predicted octanol–water partition coefficient (Wildman–Crippen LogP) is -0.310. The van der Waals surface area contributed by atoms with Crippen molar-refractivity contribution in [3.8, 4) is 6.07 Å². The highest BCUT2D eigenvalue weighted by Gasteiger charge is 2.30. The number of nitrogens with zero attached hydrogens (tertiary/aromatic N) is 3. The number of aromatic nitrogens is 3. The molecule has 0 amide bonds. The molecular weight excluding hydrogens is 200 g/mol. The minimum absolute atomic E-state index is 0.112. The van der Waals surface area contributed by atoms with Gasteiger partial charge >= 0.3 is 5.97 Å². The van der Waals surface area contributed by atoms with Crippen molar-refractivity contribution in [2.24, 2.45) is 5.92 Å². The Balaban J connectivity index is 2.81. The summed E-state index contributed by atoms with van der Waals surface area (Å²) >= 11 is 0. The number of Topliss-reactive ketones (excluding diaryl/α,β-unsaturated/α-hetero) is 1. The SMILES string of the molecule is CCOC(=O)C(C#N)C(=O)c1ncn[nH]1. The van der Waals surface area contributed by atoms with E-state index in [4.69, 9.17) is 5.26 Å². The zero-order chi connectivity index (χ0) is 11.3. The number of nitrogens with one attached hydrogen (secondary N) is 1. The Morgan fingerprint density at radius 2 is 2.47 bits per heavy atom. The number of rotatable bonds is 4. The van der Waals surface area contributed by atoms with Crippen LogP contribution in [0.25, 0.3) is 0 Å². The van der Waals surface area contributed by atoms with E-state index in [2.05, 4.69) is 19.9 Å². The Bertz CT molecular complexity index is 393. The summed E-state index contributed by atoms with van der Waals surface area (Å²) in [6.45, 7) is 1.70. The van der Waals surface area contributed by atoms with Crippen LogP contribution < -0.4 is 0 Å². The second-order valence-electron chi connectivity index (χ2n) is 2.51. The number of H-pyrrole nitrogens is 1. The van der Waals surface area contributed by atoms with Crippen molar-refractivity contribution in [3.63, 3.8) is 0 Å². The van der Waals surface area contributed by atoms with Crippen LogP contribution in [0.15, 0.2) is 6.33 Å². The highest BCUT2D eigenvalue weighted by atomic mass is 16.5. The van der Waals surface area contributed by atoms with E-state index < -0.39 is 17.7 Å². The Hall–Kier alpha value is -2.23. The molecule has 0 fully saturated rings. The lowest BCUT2D eigenvalue weighted by Gasteiger charge is -2.04. The average molecular weight is 208 g/mol. The summed E-state index contributed by atoms with van der Waals surface area (Å²) in [5.74, 6) is -3.23. The van der Waals surface area contributed by atoms with Crippen LogP contribution in [0.2, 0.25) is 0 Å². The van der Waals surface area contributed by atoms with Gasteiger partial charge in [0.25, 0.3) is 0 Å². The van der Waals surface area contributed by atoms with Crippen molar-refractivity contribution in [2.45, 2.75) is 6.92 Å². The van der Waals surface area contributed by atoms with Gasteiger partial charge in [0.2, 0.25) is 11.7 Å². The van der Waals surface area contributed by atoms with Crippen molar-refractivity contribution in [1.29, 1.82) is 5.26 Å². The standard InChI is InChI=1S/C8H8N4O3/c1-2-15-8(14)5(3-9)6(13)7-10-4-11-12-7/h4-5H,2H2,1H3,(H,10,11,12). The molecule has 7 heteroatoms. The van der Waals surface area contributed by atoms with E-state index in [1.165, 1.54) is 0 Å². The minimum Gasteiger partial charge on any atom is -0.465 e. The average Bonchev–Trinajstić information content (AvgIpc) is 2.71. The molecule has 1 unspecified atom stereocenters. The van der Waals surface area contributed by atoms with Gasteiger partial charge in [-0.3, -0.25) is 14.7 Å². The third kappa shape index (κ3) is 2.37. The quantitative estimate of drug-likeness (QED) is 0.413. The molecule has 0 bridgehead atoms. The van der Waals surface area contributed by atoms with Crippen LogP contribution in [0.3, 0.4) is 0 Å². The minimum atomic E-state index is -1.49. The summed E-state index contributed by atoms with van der Waals surface area (Å²) in [5.41, 5.74) is 0. The second kappa shape index (κ2) is 4.85. The van der Waals surface area contributed by atoms with E-state index in [0.717, 1.165) is 6.33 Å². The maximum Gasteiger partial charge on any atom is 0.331 e. The van der Waals surface area contributed by atoms with Gasteiger partial charge in [-0.25, -0.2) is 4.98 Å². The van der Waals surface area contributed by atoms with Crippen LogP contribution in [0, 0.1) is 17.2 Å². The third-order valence-corrected chi connectivity index (χ3v) is 1.56. The van der Waals surface area contributed by atoms with Crippen LogP contribution >= 0.6 is 0 Å². The molecule has 1 aromatic rings. The fraction of sp³-hybridized carbons (Fsp3) is 0.375. The predicted molar refractivity (Wildman–Crippen MR) is 46.4 cm³/mol. The van der Waals surface area contributed by atoms with E-state index in [9.17, 15) is 9.59 Å². The molecule has 1 N–H and O–H groups in total. The molecule has 1 rings (SSSR count). The molecule has 0 aliphatic carbocycles. The normalized spacial score (nSPS) is 11.5. The van der Waals surface area contributed by atoms with Crippen LogP contribution in [-0.4, -0.2) is 33.5 Å². The topological polar surface area (TPSA) is 109 Å². The summed E-state index contributed by atoms with van der Waals surface area (Å²) in [6.07, 6.45) is 1.12. The molecule has 0 saturated carbocycles. The smallest absolute Gasteiger partial charge is 0.331 e. The molecule has 0 aliphatic rings. The van der Waals surface area contributed by atoms with E-state index in [1.54, 1.807) is 13.0 Å². The van der Waals surface area contributed by atoms with Crippen molar-refractivity contribution in [1.82, 2.24) is 15.2 Å². The maximum absolute atomic E-state index is 11.5. The number of carbonyl (C=O) groups is 2. The van der Waals surface area contributed by atoms with Gasteiger partial charge in [0.05, 0.1) is 12.7 Å². The molecule has 0 saturated heterocycles. The van der Waals surface area contributed by atoms with Crippen molar-refractivity contribution in [2.75, 3.05) is 6.61 Å². The molecule has 78 valence electrons. The molecule has 7 nitrogen and oxygen atoms in total.